The average Bonchev–Trinajstić information content (AvgIpc) is 3.63. The van der Waals surface area contributed by atoms with Crippen molar-refractivity contribution in [1.29, 1.82) is 0 Å². The second-order valence-corrected chi connectivity index (χ2v) is 13.5. The molecular formula is C34H51NO8. The molecule has 3 fully saturated rings. The number of hydrogen-bond acceptors (Lipinski definition) is 8. The maximum absolute atomic E-state index is 12.7. The first-order chi connectivity index (χ1) is 20.1. The molecule has 1 amide bonds. The molecule has 3 rings (SSSR count). The highest BCUT2D eigenvalue weighted by molar-refractivity contribution is 5.89. The molecule has 0 radical (unpaired) electrons. The summed E-state index contributed by atoms with van der Waals surface area (Å²) in [5.74, 6) is -0.315. The van der Waals surface area contributed by atoms with Crippen LogP contribution in [-0.2, 0) is 38.1 Å². The van der Waals surface area contributed by atoms with E-state index in [1.165, 1.54) is 19.9 Å². The summed E-state index contributed by atoms with van der Waals surface area (Å²) >= 11 is 0. The highest BCUT2D eigenvalue weighted by Crippen LogP contribution is 2.43. The number of ketones is 2. The molecule has 3 heterocycles. The van der Waals surface area contributed by atoms with Gasteiger partial charge in [0, 0.05) is 44.1 Å². The Morgan fingerprint density at radius 1 is 1.07 bits per heavy atom. The first kappa shape index (κ1) is 34.9. The van der Waals surface area contributed by atoms with Crippen molar-refractivity contribution in [2.24, 2.45) is 11.3 Å². The second-order valence-electron chi connectivity index (χ2n) is 13.5. The maximum atomic E-state index is 12.7. The van der Waals surface area contributed by atoms with Gasteiger partial charge in [-0.05, 0) is 52.5 Å². The van der Waals surface area contributed by atoms with Gasteiger partial charge in [0.25, 0.3) is 0 Å². The molecule has 8 atom stereocenters. The quantitative estimate of drug-likeness (QED) is 0.136. The number of amides is 1. The lowest BCUT2D eigenvalue weighted by atomic mass is 9.81. The maximum Gasteiger partial charge on any atom is 0.303 e. The summed E-state index contributed by atoms with van der Waals surface area (Å²) in [6.07, 6.45) is 11.9. The van der Waals surface area contributed by atoms with Crippen molar-refractivity contribution < 1.29 is 38.1 Å². The van der Waals surface area contributed by atoms with E-state index in [0.717, 1.165) is 24.8 Å². The number of nitrogens with one attached hydrogen (secondary N) is 1. The van der Waals surface area contributed by atoms with Crippen LogP contribution in [0.1, 0.15) is 93.9 Å². The van der Waals surface area contributed by atoms with E-state index in [9.17, 15) is 19.2 Å². The minimum Gasteiger partial charge on any atom is -0.459 e. The zero-order chi connectivity index (χ0) is 31.9. The van der Waals surface area contributed by atoms with E-state index in [0.29, 0.717) is 19.4 Å². The Hall–Kier alpha value is -2.62. The molecule has 0 aliphatic carbocycles. The molecule has 9 heteroatoms. The Kier molecular flexibility index (Phi) is 12.1. The van der Waals surface area contributed by atoms with Crippen LogP contribution in [0.5, 0.6) is 0 Å². The molecule has 3 aliphatic rings. The van der Waals surface area contributed by atoms with Crippen LogP contribution in [0.3, 0.4) is 0 Å². The van der Waals surface area contributed by atoms with Crippen LogP contribution >= 0.6 is 0 Å². The highest BCUT2D eigenvalue weighted by atomic mass is 16.6. The molecule has 9 nitrogen and oxygen atoms in total. The van der Waals surface area contributed by atoms with Gasteiger partial charge in [-0.2, -0.15) is 0 Å². The number of carbonyl (C=O) groups excluding carboxylic acids is 4. The Morgan fingerprint density at radius 2 is 1.77 bits per heavy atom. The van der Waals surface area contributed by atoms with Gasteiger partial charge in [0.2, 0.25) is 5.91 Å². The number of allylic oxidation sites excluding steroid dienone is 2. The third kappa shape index (κ3) is 11.1. The van der Waals surface area contributed by atoms with Crippen molar-refractivity contribution in [2.45, 2.75) is 136 Å². The number of ether oxygens (including phenoxy) is 4. The van der Waals surface area contributed by atoms with Crippen molar-refractivity contribution in [3.8, 4) is 0 Å². The van der Waals surface area contributed by atoms with Gasteiger partial charge in [-0.15, -0.1) is 0 Å². The summed E-state index contributed by atoms with van der Waals surface area (Å²) in [6, 6.07) is -0.105. The second kappa shape index (κ2) is 14.9. The average molecular weight is 602 g/mol. The van der Waals surface area contributed by atoms with E-state index >= 15 is 0 Å². The zero-order valence-electron chi connectivity index (χ0n) is 27.1. The van der Waals surface area contributed by atoms with E-state index < -0.39 is 11.5 Å². The van der Waals surface area contributed by atoms with E-state index in [1.807, 2.05) is 20.8 Å². The largest absolute Gasteiger partial charge is 0.459 e. The lowest BCUT2D eigenvalue weighted by Gasteiger charge is -2.39. The molecule has 3 saturated heterocycles. The molecule has 0 unspecified atom stereocenters. The fourth-order valence-electron chi connectivity index (χ4n) is 5.82. The van der Waals surface area contributed by atoms with E-state index in [2.05, 4.69) is 37.4 Å². The van der Waals surface area contributed by atoms with Crippen LogP contribution < -0.4 is 5.32 Å². The molecule has 1 N–H and O–H groups in total. The van der Waals surface area contributed by atoms with Gasteiger partial charge in [-0.25, -0.2) is 0 Å². The van der Waals surface area contributed by atoms with Gasteiger partial charge in [0.1, 0.15) is 17.7 Å². The number of rotatable bonds is 13. The number of hydrogen-bond donors (Lipinski definition) is 1. The van der Waals surface area contributed by atoms with Crippen molar-refractivity contribution >= 4 is 23.4 Å². The molecule has 0 aromatic rings. The van der Waals surface area contributed by atoms with Crippen LogP contribution in [0.2, 0.25) is 0 Å². The van der Waals surface area contributed by atoms with Gasteiger partial charge in [-0.1, -0.05) is 44.6 Å². The summed E-state index contributed by atoms with van der Waals surface area (Å²) in [5.41, 5.74) is 0.244. The van der Waals surface area contributed by atoms with Crippen molar-refractivity contribution in [1.82, 2.24) is 5.32 Å². The summed E-state index contributed by atoms with van der Waals surface area (Å²) in [7, 11) is 0. The van der Waals surface area contributed by atoms with Crippen molar-refractivity contribution in [2.75, 3.05) is 6.61 Å². The zero-order valence-corrected chi connectivity index (χ0v) is 27.1. The summed E-state index contributed by atoms with van der Waals surface area (Å²) in [4.78, 5) is 48.0. The van der Waals surface area contributed by atoms with Crippen LogP contribution in [0.4, 0.5) is 0 Å². The molecule has 1 spiro atoms. The van der Waals surface area contributed by atoms with Gasteiger partial charge in [0.05, 0.1) is 42.7 Å². The number of esters is 1. The fraction of sp³-hybridized carbons (Fsp3) is 0.706. The van der Waals surface area contributed by atoms with Gasteiger partial charge in [-0.3, -0.25) is 19.2 Å². The third-order valence-electron chi connectivity index (χ3n) is 8.80. The standard InChI is InChI=1S/C34H51NO8/c1-21(9-12-28-18-34(20-40-34)19-29(43-28)16-27(38)17-33(7,8)25(5)36)10-13-31-22(2)15-30(24(4)42-31)35-32(39)14-11-23(3)41-26(6)37/h9-12,14,22-24,28-31H,13,15-20H2,1-8H3,(H,35,39)/b12-9+,14-11-,21-10+/t22-,23-,24+,28+,29+,30+,31-,34+/m0/s1. The topological polar surface area (TPSA) is 121 Å². The molecule has 0 aromatic heterocycles. The van der Waals surface area contributed by atoms with Crippen molar-refractivity contribution in [3.05, 3.63) is 36.0 Å². The first-order valence-corrected chi connectivity index (χ1v) is 15.6. The normalized spacial score (nSPS) is 32.1. The van der Waals surface area contributed by atoms with Crippen LogP contribution in [-0.4, -0.2) is 72.2 Å². The Balaban J connectivity index is 1.48. The van der Waals surface area contributed by atoms with Gasteiger partial charge >= 0.3 is 5.97 Å². The predicted octanol–water partition coefficient (Wildman–Crippen LogP) is 4.97. The lowest BCUT2D eigenvalue weighted by molar-refractivity contribution is -0.143. The Labute approximate surface area is 256 Å². The van der Waals surface area contributed by atoms with Gasteiger partial charge in [0.15, 0.2) is 0 Å². The molecular weight excluding hydrogens is 550 g/mol. The summed E-state index contributed by atoms with van der Waals surface area (Å²) in [6.45, 7) is 15.1. The predicted molar refractivity (Wildman–Crippen MR) is 163 cm³/mol. The molecule has 0 saturated carbocycles. The fourth-order valence-corrected chi connectivity index (χ4v) is 5.82. The number of epoxide rings is 1. The molecule has 3 aliphatic heterocycles. The lowest BCUT2D eigenvalue weighted by Crippen LogP contribution is -2.50. The van der Waals surface area contributed by atoms with Crippen molar-refractivity contribution in [3.63, 3.8) is 0 Å². The van der Waals surface area contributed by atoms with E-state index in [-0.39, 0.29) is 71.8 Å². The Bertz CT molecular complexity index is 1120. The monoisotopic (exact) mass is 601 g/mol. The highest BCUT2D eigenvalue weighted by Gasteiger charge is 2.51. The minimum absolute atomic E-state index is 0.0150. The van der Waals surface area contributed by atoms with E-state index in [4.69, 9.17) is 18.9 Å². The van der Waals surface area contributed by atoms with Crippen LogP contribution in [0.25, 0.3) is 0 Å². The summed E-state index contributed by atoms with van der Waals surface area (Å²) in [5, 5.41) is 3.01. The van der Waals surface area contributed by atoms with Crippen LogP contribution in [0, 0.1) is 11.3 Å². The minimum atomic E-state index is -0.656. The van der Waals surface area contributed by atoms with Crippen LogP contribution in [0.15, 0.2) is 36.0 Å². The SMILES string of the molecule is CC(=O)O[C@@H](C)/C=C\C(=O)N[C@@H]1C[C@H](C)[C@H](C/C=C(C)/C=C/[C@@H]2C[C@]3(CO3)C[C@@H](CC(=O)CC(C)(C)C(C)=O)O2)O[C@@H]1C. The third-order valence-corrected chi connectivity index (χ3v) is 8.80. The van der Waals surface area contributed by atoms with E-state index in [1.54, 1.807) is 13.0 Å². The number of Topliss-reactive ketones (excluding diaryl/α,β-unsaturated/α-hetero) is 2. The first-order valence-electron chi connectivity index (χ1n) is 15.6. The van der Waals surface area contributed by atoms with Gasteiger partial charge < -0.3 is 24.3 Å². The molecule has 0 bridgehead atoms. The molecule has 43 heavy (non-hydrogen) atoms. The molecule has 240 valence electrons. The summed E-state index contributed by atoms with van der Waals surface area (Å²) < 4.78 is 23.4. The smallest absolute Gasteiger partial charge is 0.303 e. The number of carbonyl (C=O) groups is 4. The Morgan fingerprint density at radius 3 is 2.40 bits per heavy atom. The molecule has 0 aromatic carbocycles.